The van der Waals surface area contributed by atoms with Gasteiger partial charge in [0, 0.05) is 6.42 Å². The fourth-order valence-corrected chi connectivity index (χ4v) is 3.01. The van der Waals surface area contributed by atoms with Crippen LogP contribution < -0.4 is 0 Å². The Hall–Kier alpha value is -0.0800. The molecule has 0 aliphatic carbocycles. The lowest BCUT2D eigenvalue weighted by Gasteiger charge is -2.14. The highest BCUT2D eigenvalue weighted by atomic mass is 16.5. The molecule has 0 heterocycles. The van der Waals surface area contributed by atoms with Gasteiger partial charge in [-0.3, -0.25) is 0 Å². The third-order valence-electron chi connectivity index (χ3n) is 4.50. The highest BCUT2D eigenvalue weighted by Gasteiger charge is 2.13. The zero-order valence-electron chi connectivity index (χ0n) is 15.4. The fourth-order valence-electron chi connectivity index (χ4n) is 3.01. The molecule has 0 saturated carbocycles. The third kappa shape index (κ3) is 19.9. The lowest BCUT2D eigenvalue weighted by atomic mass is 10.0. The molecule has 22 heavy (non-hydrogen) atoms. The predicted octanol–water partition coefficient (Wildman–Crippen LogP) is 6.34. The van der Waals surface area contributed by atoms with E-state index in [1.165, 1.54) is 96.8 Å². The van der Waals surface area contributed by atoms with E-state index in [0.29, 0.717) is 6.42 Å². The van der Waals surface area contributed by atoms with Crippen LogP contribution in [0.5, 0.6) is 0 Å². The average molecular weight is 315 g/mol. The molecule has 0 radical (unpaired) electrons. The number of unbranched alkanes of at least 4 members (excludes halogenated alkanes) is 15. The van der Waals surface area contributed by atoms with Gasteiger partial charge in [0.15, 0.2) is 5.79 Å². The van der Waals surface area contributed by atoms with Crippen LogP contribution in [0.1, 0.15) is 123 Å². The average Bonchev–Trinajstić information content (AvgIpc) is 2.45. The van der Waals surface area contributed by atoms with Gasteiger partial charge in [-0.15, -0.1) is 0 Å². The van der Waals surface area contributed by atoms with Gasteiger partial charge in [-0.05, 0) is 13.3 Å². The van der Waals surface area contributed by atoms with Crippen LogP contribution in [0.15, 0.2) is 0 Å². The Labute approximate surface area is 139 Å². The monoisotopic (exact) mass is 314 g/mol. The maximum absolute atomic E-state index is 9.19. The summed E-state index contributed by atoms with van der Waals surface area (Å²) in [6, 6.07) is 0. The van der Waals surface area contributed by atoms with Crippen LogP contribution in [0.3, 0.4) is 0 Å². The molecular weight excluding hydrogens is 272 g/mol. The van der Waals surface area contributed by atoms with E-state index in [1.54, 1.807) is 0 Å². The van der Waals surface area contributed by atoms with Crippen molar-refractivity contribution in [1.29, 1.82) is 0 Å². The van der Waals surface area contributed by atoms with Gasteiger partial charge in [0.05, 0.1) is 0 Å². The number of rotatable bonds is 17. The molecule has 2 N–H and O–H groups in total. The Kier molecular flexibility index (Phi) is 15.7. The van der Waals surface area contributed by atoms with E-state index < -0.39 is 5.79 Å². The molecule has 0 unspecified atom stereocenters. The standard InChI is InChI=1S/C20H42O2/c1-3-4-5-6-7-8-9-10-11-12-13-14-15-16-17-18-19-20(2,21)22/h21-22H,3-19H2,1-2H3. The van der Waals surface area contributed by atoms with Crippen molar-refractivity contribution in [2.75, 3.05) is 0 Å². The minimum atomic E-state index is -1.46. The summed E-state index contributed by atoms with van der Waals surface area (Å²) in [5, 5.41) is 18.4. The van der Waals surface area contributed by atoms with E-state index in [9.17, 15) is 10.2 Å². The van der Waals surface area contributed by atoms with Gasteiger partial charge in [-0.25, -0.2) is 0 Å². The van der Waals surface area contributed by atoms with E-state index in [1.807, 2.05) is 0 Å². The van der Waals surface area contributed by atoms with Crippen molar-refractivity contribution in [1.82, 2.24) is 0 Å². The van der Waals surface area contributed by atoms with E-state index >= 15 is 0 Å². The molecular formula is C20H42O2. The van der Waals surface area contributed by atoms with Gasteiger partial charge in [-0.1, -0.05) is 103 Å². The Morgan fingerprint density at radius 1 is 0.500 bits per heavy atom. The summed E-state index contributed by atoms with van der Waals surface area (Å²) in [5.41, 5.74) is 0. The molecule has 0 saturated heterocycles. The Balaban J connectivity index is 3.00. The third-order valence-corrected chi connectivity index (χ3v) is 4.50. The molecule has 0 aromatic rings. The van der Waals surface area contributed by atoms with Crippen LogP contribution in [0.25, 0.3) is 0 Å². The first-order valence-electron chi connectivity index (χ1n) is 10.0. The Morgan fingerprint density at radius 2 is 0.773 bits per heavy atom. The first-order valence-corrected chi connectivity index (χ1v) is 10.0. The van der Waals surface area contributed by atoms with Crippen molar-refractivity contribution in [3.05, 3.63) is 0 Å². The molecule has 0 aromatic heterocycles. The van der Waals surface area contributed by atoms with Crippen LogP contribution in [0.4, 0.5) is 0 Å². The molecule has 0 aliphatic rings. The van der Waals surface area contributed by atoms with E-state index in [0.717, 1.165) is 12.8 Å². The molecule has 0 rings (SSSR count). The predicted molar refractivity (Wildman–Crippen MR) is 97.0 cm³/mol. The van der Waals surface area contributed by atoms with E-state index in [4.69, 9.17) is 0 Å². The molecule has 2 heteroatoms. The lowest BCUT2D eigenvalue weighted by Crippen LogP contribution is -2.22. The van der Waals surface area contributed by atoms with Crippen molar-refractivity contribution >= 4 is 0 Å². The summed E-state index contributed by atoms with van der Waals surface area (Å²) < 4.78 is 0. The van der Waals surface area contributed by atoms with Crippen LogP contribution in [-0.2, 0) is 0 Å². The summed E-state index contributed by atoms with van der Waals surface area (Å²) in [4.78, 5) is 0. The second kappa shape index (κ2) is 15.8. The molecule has 0 fully saturated rings. The highest BCUT2D eigenvalue weighted by molar-refractivity contribution is 4.56. The summed E-state index contributed by atoms with van der Waals surface area (Å²) in [6.07, 6.45) is 22.1. The maximum Gasteiger partial charge on any atom is 0.159 e. The Morgan fingerprint density at radius 3 is 1.05 bits per heavy atom. The molecule has 0 amide bonds. The fraction of sp³-hybridized carbons (Fsp3) is 1.00. The number of hydrogen-bond acceptors (Lipinski definition) is 2. The first-order chi connectivity index (χ1) is 10.6. The van der Waals surface area contributed by atoms with Crippen LogP contribution in [0, 0.1) is 0 Å². The largest absolute Gasteiger partial charge is 0.366 e. The van der Waals surface area contributed by atoms with Crippen molar-refractivity contribution in [2.45, 2.75) is 129 Å². The Bertz CT molecular complexity index is 208. The summed E-state index contributed by atoms with van der Waals surface area (Å²) in [6.45, 7) is 3.75. The van der Waals surface area contributed by atoms with Crippen LogP contribution in [-0.4, -0.2) is 16.0 Å². The molecule has 0 bridgehead atoms. The van der Waals surface area contributed by atoms with E-state index in [-0.39, 0.29) is 0 Å². The minimum Gasteiger partial charge on any atom is -0.366 e. The normalized spacial score (nSPS) is 12.0. The van der Waals surface area contributed by atoms with Crippen LogP contribution >= 0.6 is 0 Å². The van der Waals surface area contributed by atoms with Gasteiger partial charge in [-0.2, -0.15) is 0 Å². The molecule has 0 aliphatic heterocycles. The molecule has 0 atom stereocenters. The second-order valence-corrected chi connectivity index (χ2v) is 7.27. The molecule has 0 aromatic carbocycles. The van der Waals surface area contributed by atoms with E-state index in [2.05, 4.69) is 6.92 Å². The number of hydrogen-bond donors (Lipinski definition) is 2. The second-order valence-electron chi connectivity index (χ2n) is 7.27. The van der Waals surface area contributed by atoms with Crippen molar-refractivity contribution in [3.8, 4) is 0 Å². The van der Waals surface area contributed by atoms with Gasteiger partial charge in [0.25, 0.3) is 0 Å². The van der Waals surface area contributed by atoms with Gasteiger partial charge < -0.3 is 10.2 Å². The first kappa shape index (κ1) is 21.9. The quantitative estimate of drug-likeness (QED) is 0.243. The SMILES string of the molecule is CCCCCCCCCCCCCCCCCCC(C)(O)O. The van der Waals surface area contributed by atoms with Crippen molar-refractivity contribution < 1.29 is 10.2 Å². The summed E-state index contributed by atoms with van der Waals surface area (Å²) in [5.74, 6) is -1.46. The molecule has 2 nitrogen and oxygen atoms in total. The topological polar surface area (TPSA) is 40.5 Å². The summed E-state index contributed by atoms with van der Waals surface area (Å²) in [7, 11) is 0. The van der Waals surface area contributed by atoms with Crippen molar-refractivity contribution in [3.63, 3.8) is 0 Å². The van der Waals surface area contributed by atoms with Crippen molar-refractivity contribution in [2.24, 2.45) is 0 Å². The zero-order chi connectivity index (χ0) is 16.5. The summed E-state index contributed by atoms with van der Waals surface area (Å²) >= 11 is 0. The highest BCUT2D eigenvalue weighted by Crippen LogP contribution is 2.15. The van der Waals surface area contributed by atoms with Crippen LogP contribution in [0.2, 0.25) is 0 Å². The molecule has 134 valence electrons. The maximum atomic E-state index is 9.19. The molecule has 0 spiro atoms. The minimum absolute atomic E-state index is 0.505. The number of aliphatic hydroxyl groups is 2. The van der Waals surface area contributed by atoms with Gasteiger partial charge in [0.1, 0.15) is 0 Å². The van der Waals surface area contributed by atoms with Gasteiger partial charge in [0.2, 0.25) is 0 Å². The van der Waals surface area contributed by atoms with Gasteiger partial charge >= 0.3 is 0 Å². The zero-order valence-corrected chi connectivity index (χ0v) is 15.4. The smallest absolute Gasteiger partial charge is 0.159 e. The lowest BCUT2D eigenvalue weighted by molar-refractivity contribution is -0.150.